The molecule has 0 radical (unpaired) electrons. The van der Waals surface area contributed by atoms with Crippen molar-refractivity contribution in [2.24, 2.45) is 0 Å². The van der Waals surface area contributed by atoms with Gasteiger partial charge in [0.15, 0.2) is 0 Å². The van der Waals surface area contributed by atoms with E-state index in [-0.39, 0.29) is 12.5 Å². The predicted molar refractivity (Wildman–Crippen MR) is 41.2 cm³/mol. The fraction of sp³-hybridized carbons (Fsp3) is 0.714. The van der Waals surface area contributed by atoms with Crippen LogP contribution < -0.4 is 0 Å². The van der Waals surface area contributed by atoms with Crippen LogP contribution in [0, 0.1) is 0 Å². The van der Waals surface area contributed by atoms with Crippen LogP contribution in [-0.2, 0) is 9.59 Å². The van der Waals surface area contributed by atoms with Gasteiger partial charge in [0.2, 0.25) is 5.91 Å². The molecule has 0 aromatic rings. The van der Waals surface area contributed by atoms with E-state index in [1.165, 1.54) is 5.01 Å². The van der Waals surface area contributed by atoms with Gasteiger partial charge in [-0.3, -0.25) is 14.6 Å². The lowest BCUT2D eigenvalue weighted by Crippen LogP contribution is -2.50. The molecule has 1 fully saturated rings. The summed E-state index contributed by atoms with van der Waals surface area (Å²) < 4.78 is 0. The summed E-state index contributed by atoms with van der Waals surface area (Å²) in [4.78, 5) is 21.5. The summed E-state index contributed by atoms with van der Waals surface area (Å²) in [5.41, 5.74) is 0. The molecule has 1 rings (SSSR count). The summed E-state index contributed by atoms with van der Waals surface area (Å²) in [6, 6.07) is 0. The minimum Gasteiger partial charge on any atom is -0.480 e. The van der Waals surface area contributed by atoms with Crippen LogP contribution in [0.2, 0.25) is 0 Å². The Labute approximate surface area is 70.5 Å². The van der Waals surface area contributed by atoms with E-state index in [0.717, 1.165) is 13.0 Å². The molecule has 0 aromatic carbocycles. The number of carboxylic acid groups (broad SMARTS) is 1. The van der Waals surface area contributed by atoms with Crippen molar-refractivity contribution in [3.63, 3.8) is 0 Å². The number of nitrogens with zero attached hydrogens (tertiary/aromatic N) is 2. The van der Waals surface area contributed by atoms with E-state index in [9.17, 15) is 9.59 Å². The van der Waals surface area contributed by atoms with Crippen molar-refractivity contribution in [1.29, 1.82) is 0 Å². The third-order valence-corrected chi connectivity index (χ3v) is 1.86. The Morgan fingerprint density at radius 3 is 2.83 bits per heavy atom. The first-order valence-electron chi connectivity index (χ1n) is 3.84. The number of carboxylic acids is 1. The third kappa shape index (κ3) is 1.94. The SMILES string of the molecule is CN1CCCC(=O)N1CC(=O)O. The highest BCUT2D eigenvalue weighted by molar-refractivity contribution is 5.81. The van der Waals surface area contributed by atoms with E-state index < -0.39 is 5.97 Å². The van der Waals surface area contributed by atoms with Crippen LogP contribution in [0.4, 0.5) is 0 Å². The van der Waals surface area contributed by atoms with Crippen LogP contribution in [-0.4, -0.2) is 47.1 Å². The molecule has 0 bridgehead atoms. The van der Waals surface area contributed by atoms with Crippen molar-refractivity contribution in [2.75, 3.05) is 20.1 Å². The molecule has 0 aliphatic carbocycles. The largest absolute Gasteiger partial charge is 0.480 e. The molecule has 0 spiro atoms. The van der Waals surface area contributed by atoms with E-state index in [1.54, 1.807) is 12.1 Å². The summed E-state index contributed by atoms with van der Waals surface area (Å²) in [5, 5.41) is 11.4. The van der Waals surface area contributed by atoms with E-state index in [4.69, 9.17) is 5.11 Å². The molecule has 68 valence electrons. The number of hydrazine groups is 1. The van der Waals surface area contributed by atoms with Crippen LogP contribution in [0.5, 0.6) is 0 Å². The minimum absolute atomic E-state index is 0.105. The van der Waals surface area contributed by atoms with Crippen LogP contribution in [0.1, 0.15) is 12.8 Å². The van der Waals surface area contributed by atoms with Gasteiger partial charge in [-0.2, -0.15) is 0 Å². The van der Waals surface area contributed by atoms with Crippen molar-refractivity contribution in [3.05, 3.63) is 0 Å². The molecular weight excluding hydrogens is 160 g/mol. The lowest BCUT2D eigenvalue weighted by molar-refractivity contribution is -0.161. The summed E-state index contributed by atoms with van der Waals surface area (Å²) >= 11 is 0. The number of carbonyl (C=O) groups is 2. The van der Waals surface area contributed by atoms with Crippen molar-refractivity contribution in [1.82, 2.24) is 10.0 Å². The average molecular weight is 172 g/mol. The van der Waals surface area contributed by atoms with E-state index in [0.29, 0.717) is 6.42 Å². The molecule has 1 saturated heterocycles. The first-order valence-corrected chi connectivity index (χ1v) is 3.84. The predicted octanol–water partition coefficient (Wildman–Crippen LogP) is -0.460. The van der Waals surface area contributed by atoms with Gasteiger partial charge in [0.25, 0.3) is 0 Å². The number of hydrogen-bond donors (Lipinski definition) is 1. The second-order valence-corrected chi connectivity index (χ2v) is 2.83. The van der Waals surface area contributed by atoms with Gasteiger partial charge < -0.3 is 5.11 Å². The zero-order valence-corrected chi connectivity index (χ0v) is 6.99. The first-order chi connectivity index (χ1) is 5.61. The van der Waals surface area contributed by atoms with Gasteiger partial charge in [-0.15, -0.1) is 0 Å². The number of amides is 1. The van der Waals surface area contributed by atoms with Crippen molar-refractivity contribution in [2.45, 2.75) is 12.8 Å². The van der Waals surface area contributed by atoms with Gasteiger partial charge >= 0.3 is 5.97 Å². The Kier molecular flexibility index (Phi) is 2.65. The molecule has 1 heterocycles. The van der Waals surface area contributed by atoms with E-state index in [2.05, 4.69) is 0 Å². The molecule has 0 unspecified atom stereocenters. The molecule has 5 heteroatoms. The zero-order valence-electron chi connectivity index (χ0n) is 6.99. The van der Waals surface area contributed by atoms with Crippen molar-refractivity contribution < 1.29 is 14.7 Å². The molecule has 0 atom stereocenters. The Morgan fingerprint density at radius 1 is 1.67 bits per heavy atom. The molecular formula is C7H12N2O3. The fourth-order valence-electron chi connectivity index (χ4n) is 1.24. The quantitative estimate of drug-likeness (QED) is 0.612. The smallest absolute Gasteiger partial charge is 0.324 e. The molecule has 1 aliphatic rings. The highest BCUT2D eigenvalue weighted by Gasteiger charge is 2.24. The third-order valence-electron chi connectivity index (χ3n) is 1.86. The maximum absolute atomic E-state index is 11.2. The highest BCUT2D eigenvalue weighted by Crippen LogP contribution is 2.09. The standard InChI is InChI=1S/C7H12N2O3/c1-8-4-2-3-6(10)9(8)5-7(11)12/h2-5H2,1H3,(H,11,12). The Morgan fingerprint density at radius 2 is 2.33 bits per heavy atom. The Bertz CT molecular complexity index is 205. The minimum atomic E-state index is -0.975. The normalized spacial score (nSPS) is 19.8. The number of hydrogen-bond acceptors (Lipinski definition) is 3. The average Bonchev–Trinajstić information content (AvgIpc) is 1.97. The van der Waals surface area contributed by atoms with Gasteiger partial charge in [-0.25, -0.2) is 5.01 Å². The number of carbonyl (C=O) groups excluding carboxylic acids is 1. The number of rotatable bonds is 2. The maximum atomic E-state index is 11.2. The monoisotopic (exact) mass is 172 g/mol. The van der Waals surface area contributed by atoms with Crippen molar-refractivity contribution in [3.8, 4) is 0 Å². The molecule has 1 N–H and O–H groups in total. The van der Waals surface area contributed by atoms with Gasteiger partial charge in [0.05, 0.1) is 0 Å². The molecule has 1 aliphatic heterocycles. The van der Waals surface area contributed by atoms with Gasteiger partial charge in [0, 0.05) is 20.0 Å². The number of aliphatic carboxylic acids is 1. The summed E-state index contributed by atoms with van der Waals surface area (Å²) in [5.74, 6) is -1.08. The van der Waals surface area contributed by atoms with E-state index in [1.807, 2.05) is 0 Å². The van der Waals surface area contributed by atoms with Crippen LogP contribution in [0.25, 0.3) is 0 Å². The highest BCUT2D eigenvalue weighted by atomic mass is 16.4. The van der Waals surface area contributed by atoms with Crippen LogP contribution >= 0.6 is 0 Å². The maximum Gasteiger partial charge on any atom is 0.324 e. The molecule has 5 nitrogen and oxygen atoms in total. The molecule has 0 saturated carbocycles. The summed E-state index contributed by atoms with van der Waals surface area (Å²) in [6.07, 6.45) is 1.27. The van der Waals surface area contributed by atoms with Crippen LogP contribution in [0.15, 0.2) is 0 Å². The van der Waals surface area contributed by atoms with Crippen molar-refractivity contribution >= 4 is 11.9 Å². The van der Waals surface area contributed by atoms with E-state index >= 15 is 0 Å². The second kappa shape index (κ2) is 3.53. The first kappa shape index (κ1) is 8.99. The Hall–Kier alpha value is -1.10. The van der Waals surface area contributed by atoms with Gasteiger partial charge in [-0.1, -0.05) is 0 Å². The Balaban J connectivity index is 2.57. The molecule has 0 aromatic heterocycles. The lowest BCUT2D eigenvalue weighted by Gasteiger charge is -2.34. The second-order valence-electron chi connectivity index (χ2n) is 2.83. The van der Waals surface area contributed by atoms with Crippen LogP contribution in [0.3, 0.4) is 0 Å². The van der Waals surface area contributed by atoms with Gasteiger partial charge in [-0.05, 0) is 6.42 Å². The summed E-state index contributed by atoms with van der Waals surface area (Å²) in [7, 11) is 1.72. The van der Waals surface area contributed by atoms with Gasteiger partial charge in [0.1, 0.15) is 6.54 Å². The lowest BCUT2D eigenvalue weighted by atomic mass is 10.2. The molecule has 1 amide bonds. The topological polar surface area (TPSA) is 60.9 Å². The fourth-order valence-corrected chi connectivity index (χ4v) is 1.24. The summed E-state index contributed by atoms with van der Waals surface area (Å²) in [6.45, 7) is 0.522. The molecule has 12 heavy (non-hydrogen) atoms. The zero-order chi connectivity index (χ0) is 9.14.